The Kier molecular flexibility index (Phi) is 4.05. The second-order valence-corrected chi connectivity index (χ2v) is 6.68. The van der Waals surface area contributed by atoms with E-state index in [1.165, 1.54) is 22.5 Å². The van der Waals surface area contributed by atoms with Gasteiger partial charge in [0.25, 0.3) is 0 Å². The summed E-state index contributed by atoms with van der Waals surface area (Å²) < 4.78 is 1.13. The molecule has 3 rings (SSSR count). The largest absolute Gasteiger partial charge is 0.338 e. The molecule has 0 radical (unpaired) electrons. The maximum Gasteiger partial charge on any atom is 0.0462 e. The van der Waals surface area contributed by atoms with Gasteiger partial charge in [-0.25, -0.2) is 0 Å². The number of hydrogen-bond acceptors (Lipinski definition) is 2. The van der Waals surface area contributed by atoms with E-state index >= 15 is 0 Å². The van der Waals surface area contributed by atoms with Gasteiger partial charge in [0, 0.05) is 27.9 Å². The fraction of sp³-hybridized carbons (Fsp3) is 0.333. The second kappa shape index (κ2) is 5.82. The lowest BCUT2D eigenvalue weighted by Crippen LogP contribution is -2.26. The molecule has 1 aliphatic heterocycles. The molecule has 0 fully saturated rings. The van der Waals surface area contributed by atoms with Crippen LogP contribution in [0.5, 0.6) is 0 Å². The Hall–Kier alpha value is -1.32. The number of halogens is 1. The molecule has 2 nitrogen and oxygen atoms in total. The predicted octanol–water partition coefficient (Wildman–Crippen LogP) is 4.81. The van der Waals surface area contributed by atoms with Gasteiger partial charge in [0.05, 0.1) is 0 Å². The Balaban J connectivity index is 2.12. The van der Waals surface area contributed by atoms with Crippen LogP contribution in [0, 0.1) is 0 Å². The zero-order chi connectivity index (χ0) is 15.0. The van der Waals surface area contributed by atoms with Gasteiger partial charge < -0.3 is 10.2 Å². The fourth-order valence-electron chi connectivity index (χ4n) is 3.18. The first-order valence-corrected chi connectivity index (χ1v) is 8.25. The van der Waals surface area contributed by atoms with Crippen LogP contribution in [-0.4, -0.2) is 13.1 Å². The van der Waals surface area contributed by atoms with Crippen molar-refractivity contribution in [2.24, 2.45) is 0 Å². The topological polar surface area (TPSA) is 15.3 Å². The highest BCUT2D eigenvalue weighted by Crippen LogP contribution is 2.41. The minimum Gasteiger partial charge on any atom is -0.338 e. The van der Waals surface area contributed by atoms with Crippen molar-refractivity contribution in [3.05, 3.63) is 58.1 Å². The first kappa shape index (κ1) is 14.6. The van der Waals surface area contributed by atoms with Gasteiger partial charge in [0.1, 0.15) is 0 Å². The van der Waals surface area contributed by atoms with Crippen LogP contribution in [0.3, 0.4) is 0 Å². The van der Waals surface area contributed by atoms with Crippen molar-refractivity contribution >= 4 is 27.3 Å². The molecule has 0 aliphatic carbocycles. The maximum atomic E-state index is 3.60. The summed E-state index contributed by atoms with van der Waals surface area (Å²) in [7, 11) is 2.01. The van der Waals surface area contributed by atoms with Crippen LogP contribution in [0.4, 0.5) is 11.4 Å². The van der Waals surface area contributed by atoms with E-state index in [9.17, 15) is 0 Å². The van der Waals surface area contributed by atoms with Crippen LogP contribution < -0.4 is 10.2 Å². The number of hydrogen-bond donors (Lipinski definition) is 1. The summed E-state index contributed by atoms with van der Waals surface area (Å²) in [6, 6.07) is 16.1. The zero-order valence-corrected chi connectivity index (χ0v) is 14.3. The molecular weight excluding hydrogens is 324 g/mol. The average Bonchev–Trinajstić information content (AvgIpc) is 2.82. The Bertz CT molecular complexity index is 653. The first-order valence-electron chi connectivity index (χ1n) is 7.45. The van der Waals surface area contributed by atoms with E-state index in [1.807, 2.05) is 7.05 Å². The monoisotopic (exact) mass is 344 g/mol. The summed E-state index contributed by atoms with van der Waals surface area (Å²) in [6.07, 6.45) is 1.11. The van der Waals surface area contributed by atoms with Crippen LogP contribution in [0.1, 0.15) is 31.0 Å². The molecule has 1 aliphatic rings. The summed E-state index contributed by atoms with van der Waals surface area (Å²) in [5, 5.41) is 3.36. The molecule has 0 aromatic heterocycles. The smallest absolute Gasteiger partial charge is 0.0462 e. The Morgan fingerprint density at radius 1 is 1.19 bits per heavy atom. The lowest BCUT2D eigenvalue weighted by Gasteiger charge is -2.29. The number of benzene rings is 2. The highest BCUT2D eigenvalue weighted by atomic mass is 79.9. The van der Waals surface area contributed by atoms with Gasteiger partial charge in [-0.1, -0.05) is 34.1 Å². The number of nitrogens with one attached hydrogen (secondary N) is 1. The first-order chi connectivity index (χ1) is 10.1. The average molecular weight is 345 g/mol. The van der Waals surface area contributed by atoms with Crippen molar-refractivity contribution < 1.29 is 0 Å². The SMILES string of the molecule is CNC(C)c1cc(Br)ccc1N1c2ccccc2CC1C. The van der Waals surface area contributed by atoms with Gasteiger partial charge in [0.15, 0.2) is 0 Å². The molecule has 2 aromatic carbocycles. The molecule has 2 atom stereocenters. The van der Waals surface area contributed by atoms with Gasteiger partial charge in [-0.3, -0.25) is 0 Å². The minimum absolute atomic E-state index is 0.317. The summed E-state index contributed by atoms with van der Waals surface area (Å²) in [4.78, 5) is 2.48. The molecule has 2 unspecified atom stereocenters. The lowest BCUT2D eigenvalue weighted by atomic mass is 10.0. The maximum absolute atomic E-state index is 3.60. The Morgan fingerprint density at radius 3 is 2.71 bits per heavy atom. The molecule has 0 saturated heterocycles. The van der Waals surface area contributed by atoms with E-state index in [2.05, 4.69) is 82.5 Å². The summed E-state index contributed by atoms with van der Waals surface area (Å²) in [5.74, 6) is 0. The van der Waals surface area contributed by atoms with Crippen LogP contribution >= 0.6 is 15.9 Å². The number of para-hydroxylation sites is 1. The van der Waals surface area contributed by atoms with Crippen LogP contribution in [0.2, 0.25) is 0 Å². The Labute approximate surface area is 135 Å². The van der Waals surface area contributed by atoms with Gasteiger partial charge in [-0.05, 0) is 62.7 Å². The molecule has 0 saturated carbocycles. The van der Waals surface area contributed by atoms with E-state index in [-0.39, 0.29) is 0 Å². The molecular formula is C18H21BrN2. The van der Waals surface area contributed by atoms with Crippen LogP contribution in [-0.2, 0) is 6.42 Å². The normalized spacial score (nSPS) is 18.7. The van der Waals surface area contributed by atoms with Crippen molar-refractivity contribution in [3.8, 4) is 0 Å². The van der Waals surface area contributed by atoms with Gasteiger partial charge in [-0.2, -0.15) is 0 Å². The van der Waals surface area contributed by atoms with Gasteiger partial charge in [0.2, 0.25) is 0 Å². The van der Waals surface area contributed by atoms with E-state index < -0.39 is 0 Å². The van der Waals surface area contributed by atoms with Crippen molar-refractivity contribution in [2.45, 2.75) is 32.4 Å². The van der Waals surface area contributed by atoms with Crippen molar-refractivity contribution in [1.29, 1.82) is 0 Å². The molecule has 0 spiro atoms. The molecule has 21 heavy (non-hydrogen) atoms. The van der Waals surface area contributed by atoms with E-state index in [1.54, 1.807) is 0 Å². The summed E-state index contributed by atoms with van der Waals surface area (Å²) in [6.45, 7) is 4.51. The molecule has 0 bridgehead atoms. The van der Waals surface area contributed by atoms with Crippen LogP contribution in [0.15, 0.2) is 46.9 Å². The van der Waals surface area contributed by atoms with Crippen LogP contribution in [0.25, 0.3) is 0 Å². The molecule has 3 heteroatoms. The molecule has 1 heterocycles. The molecule has 0 amide bonds. The third kappa shape index (κ3) is 2.60. The third-order valence-corrected chi connectivity index (χ3v) is 4.85. The number of nitrogens with zero attached hydrogens (tertiary/aromatic N) is 1. The molecule has 1 N–H and O–H groups in total. The fourth-order valence-corrected chi connectivity index (χ4v) is 3.56. The standard InChI is InChI=1S/C18H21BrN2/c1-12-10-14-6-4-5-7-17(14)21(12)18-9-8-15(19)11-16(18)13(2)20-3/h4-9,11-13,20H,10H2,1-3H3. The third-order valence-electron chi connectivity index (χ3n) is 4.36. The predicted molar refractivity (Wildman–Crippen MR) is 93.4 cm³/mol. The van der Waals surface area contributed by atoms with Crippen molar-refractivity contribution in [2.75, 3.05) is 11.9 Å². The molecule has 2 aromatic rings. The highest BCUT2D eigenvalue weighted by molar-refractivity contribution is 9.10. The quantitative estimate of drug-likeness (QED) is 0.859. The lowest BCUT2D eigenvalue weighted by molar-refractivity contribution is 0.646. The van der Waals surface area contributed by atoms with Gasteiger partial charge in [-0.15, -0.1) is 0 Å². The zero-order valence-electron chi connectivity index (χ0n) is 12.7. The van der Waals surface area contributed by atoms with Crippen molar-refractivity contribution in [3.63, 3.8) is 0 Å². The van der Waals surface area contributed by atoms with Gasteiger partial charge >= 0.3 is 0 Å². The Morgan fingerprint density at radius 2 is 1.95 bits per heavy atom. The number of anilines is 2. The second-order valence-electron chi connectivity index (χ2n) is 5.77. The summed E-state index contributed by atoms with van der Waals surface area (Å²) in [5.41, 5.74) is 5.42. The summed E-state index contributed by atoms with van der Waals surface area (Å²) >= 11 is 3.60. The van der Waals surface area contributed by atoms with E-state index in [0.717, 1.165) is 10.9 Å². The van der Waals surface area contributed by atoms with E-state index in [4.69, 9.17) is 0 Å². The number of fused-ring (bicyclic) bond motifs is 1. The molecule has 110 valence electrons. The minimum atomic E-state index is 0.317. The van der Waals surface area contributed by atoms with E-state index in [0.29, 0.717) is 12.1 Å². The number of rotatable bonds is 3. The highest BCUT2D eigenvalue weighted by Gasteiger charge is 2.28. The van der Waals surface area contributed by atoms with Crippen molar-refractivity contribution in [1.82, 2.24) is 5.32 Å².